The van der Waals surface area contributed by atoms with Crippen LogP contribution in [0.3, 0.4) is 0 Å². The van der Waals surface area contributed by atoms with Gasteiger partial charge in [-0.05, 0) is 50.2 Å². The Balaban J connectivity index is 1.78. The molecular weight excluding hydrogens is 236 g/mol. The van der Waals surface area contributed by atoms with Crippen molar-refractivity contribution in [3.63, 3.8) is 0 Å². The third-order valence-corrected chi connectivity index (χ3v) is 3.71. The molecule has 0 aliphatic carbocycles. The number of fused-ring (bicyclic) bond motifs is 1. The number of likely N-dealkylation sites (N-methyl/N-ethyl adjacent to an activating group) is 1. The highest BCUT2D eigenvalue weighted by Gasteiger charge is 2.12. The summed E-state index contributed by atoms with van der Waals surface area (Å²) in [4.78, 5) is 2.42. The van der Waals surface area contributed by atoms with E-state index in [2.05, 4.69) is 42.4 Å². The molecule has 0 radical (unpaired) electrons. The van der Waals surface area contributed by atoms with Crippen molar-refractivity contribution in [3.8, 4) is 5.75 Å². The Hall–Kier alpha value is -1.06. The van der Waals surface area contributed by atoms with Gasteiger partial charge in [-0.25, -0.2) is 0 Å². The van der Waals surface area contributed by atoms with Gasteiger partial charge < -0.3 is 15.0 Å². The molecule has 2 rings (SSSR count). The van der Waals surface area contributed by atoms with Crippen LogP contribution < -0.4 is 10.1 Å². The van der Waals surface area contributed by atoms with Crippen molar-refractivity contribution in [3.05, 3.63) is 29.3 Å². The number of nitrogens with one attached hydrogen (secondary N) is 1. The maximum absolute atomic E-state index is 5.54. The molecule has 1 heterocycles. The fourth-order valence-corrected chi connectivity index (χ4v) is 2.75. The summed E-state index contributed by atoms with van der Waals surface area (Å²) in [5.41, 5.74) is 2.81. The molecule has 1 aliphatic heterocycles. The summed E-state index contributed by atoms with van der Waals surface area (Å²) < 4.78 is 5.54. The quantitative estimate of drug-likeness (QED) is 0.813. The number of rotatable bonds is 7. The molecule has 1 aromatic carbocycles. The lowest BCUT2D eigenvalue weighted by Gasteiger charge is -2.21. The average Bonchev–Trinajstić information content (AvgIpc) is 2.83. The molecule has 19 heavy (non-hydrogen) atoms. The molecule has 3 heteroatoms. The second-order valence-electron chi connectivity index (χ2n) is 5.72. The lowest BCUT2D eigenvalue weighted by atomic mass is 10.1. The highest BCUT2D eigenvalue weighted by atomic mass is 16.5. The van der Waals surface area contributed by atoms with Crippen LogP contribution in [0.15, 0.2) is 18.2 Å². The van der Waals surface area contributed by atoms with E-state index in [9.17, 15) is 0 Å². The zero-order valence-corrected chi connectivity index (χ0v) is 12.4. The van der Waals surface area contributed by atoms with E-state index in [0.717, 1.165) is 44.8 Å². The lowest BCUT2D eigenvalue weighted by molar-refractivity contribution is 0.286. The maximum atomic E-state index is 5.54. The maximum Gasteiger partial charge on any atom is 0.122 e. The van der Waals surface area contributed by atoms with Crippen LogP contribution in [0.2, 0.25) is 0 Å². The average molecular weight is 262 g/mol. The minimum Gasteiger partial charge on any atom is -0.493 e. The molecule has 0 saturated heterocycles. The van der Waals surface area contributed by atoms with Crippen molar-refractivity contribution in [2.24, 2.45) is 5.92 Å². The molecule has 0 bridgehead atoms. The highest BCUT2D eigenvalue weighted by Crippen LogP contribution is 2.25. The molecule has 0 aromatic heterocycles. The van der Waals surface area contributed by atoms with Gasteiger partial charge in [0.15, 0.2) is 0 Å². The van der Waals surface area contributed by atoms with Gasteiger partial charge in [0.2, 0.25) is 0 Å². The van der Waals surface area contributed by atoms with Crippen molar-refractivity contribution < 1.29 is 4.74 Å². The molecule has 0 amide bonds. The topological polar surface area (TPSA) is 24.5 Å². The van der Waals surface area contributed by atoms with Gasteiger partial charge in [-0.3, -0.25) is 0 Å². The van der Waals surface area contributed by atoms with Gasteiger partial charge >= 0.3 is 0 Å². The van der Waals surface area contributed by atoms with Gasteiger partial charge in [-0.1, -0.05) is 19.1 Å². The molecule has 0 spiro atoms. The Morgan fingerprint density at radius 1 is 1.42 bits per heavy atom. The van der Waals surface area contributed by atoms with Crippen LogP contribution >= 0.6 is 0 Å². The van der Waals surface area contributed by atoms with Crippen molar-refractivity contribution >= 4 is 0 Å². The van der Waals surface area contributed by atoms with Crippen molar-refractivity contribution in [2.75, 3.05) is 40.3 Å². The van der Waals surface area contributed by atoms with Crippen LogP contribution in [-0.2, 0) is 12.8 Å². The molecular formula is C16H26N2O. The highest BCUT2D eigenvalue weighted by molar-refractivity contribution is 5.39. The van der Waals surface area contributed by atoms with Gasteiger partial charge in [0, 0.05) is 19.5 Å². The van der Waals surface area contributed by atoms with Crippen molar-refractivity contribution in [2.45, 2.75) is 19.8 Å². The molecule has 1 unspecified atom stereocenters. The molecule has 1 aromatic rings. The number of hydrogen-bond acceptors (Lipinski definition) is 3. The molecule has 0 fully saturated rings. The number of nitrogens with zero attached hydrogens (tertiary/aromatic N) is 1. The molecule has 1 atom stereocenters. The number of hydrogen-bond donors (Lipinski definition) is 1. The summed E-state index contributed by atoms with van der Waals surface area (Å²) in [6.07, 6.45) is 2.19. The Kier molecular flexibility index (Phi) is 5.23. The molecule has 106 valence electrons. The normalized spacial score (nSPS) is 15.4. The second kappa shape index (κ2) is 6.92. The summed E-state index contributed by atoms with van der Waals surface area (Å²) >= 11 is 0. The second-order valence-corrected chi connectivity index (χ2v) is 5.72. The zero-order valence-electron chi connectivity index (χ0n) is 12.4. The molecule has 1 aliphatic rings. The SMILES string of the molecule is CNCC(C)CN(C)CCc1ccc2c(c1)CCO2. The van der Waals surface area contributed by atoms with Crippen LogP contribution in [0.4, 0.5) is 0 Å². The first kappa shape index (κ1) is 14.4. The first-order valence-electron chi connectivity index (χ1n) is 7.27. The van der Waals surface area contributed by atoms with Gasteiger partial charge in [-0.2, -0.15) is 0 Å². The van der Waals surface area contributed by atoms with E-state index in [0.29, 0.717) is 5.92 Å². The zero-order chi connectivity index (χ0) is 13.7. The summed E-state index contributed by atoms with van der Waals surface area (Å²) in [6, 6.07) is 6.64. The van der Waals surface area contributed by atoms with Crippen LogP contribution in [0, 0.1) is 5.92 Å². The molecule has 3 nitrogen and oxygen atoms in total. The first-order chi connectivity index (χ1) is 9.19. The fourth-order valence-electron chi connectivity index (χ4n) is 2.75. The Bertz CT molecular complexity index is 406. The van der Waals surface area contributed by atoms with E-state index >= 15 is 0 Å². The van der Waals surface area contributed by atoms with E-state index in [-0.39, 0.29) is 0 Å². The Labute approximate surface area is 116 Å². The van der Waals surface area contributed by atoms with Gasteiger partial charge in [0.05, 0.1) is 6.61 Å². The van der Waals surface area contributed by atoms with Crippen molar-refractivity contribution in [1.82, 2.24) is 10.2 Å². The number of ether oxygens (including phenoxy) is 1. The Morgan fingerprint density at radius 2 is 2.26 bits per heavy atom. The third-order valence-electron chi connectivity index (χ3n) is 3.71. The van der Waals surface area contributed by atoms with Gasteiger partial charge in [0.1, 0.15) is 5.75 Å². The van der Waals surface area contributed by atoms with E-state index in [1.54, 1.807) is 0 Å². The van der Waals surface area contributed by atoms with E-state index in [1.165, 1.54) is 11.1 Å². The van der Waals surface area contributed by atoms with Crippen LogP contribution in [-0.4, -0.2) is 45.2 Å². The predicted molar refractivity (Wildman–Crippen MR) is 79.9 cm³/mol. The molecule has 1 N–H and O–H groups in total. The summed E-state index contributed by atoms with van der Waals surface area (Å²) in [6.45, 7) is 6.49. The Morgan fingerprint density at radius 3 is 3.05 bits per heavy atom. The van der Waals surface area contributed by atoms with E-state index in [1.807, 2.05) is 7.05 Å². The number of benzene rings is 1. The van der Waals surface area contributed by atoms with Crippen molar-refractivity contribution in [1.29, 1.82) is 0 Å². The minimum atomic E-state index is 0.698. The van der Waals surface area contributed by atoms with Gasteiger partial charge in [-0.15, -0.1) is 0 Å². The standard InChI is InChI=1S/C16H26N2O/c1-13(11-17-2)12-18(3)8-6-14-4-5-16-15(10-14)7-9-19-16/h4-5,10,13,17H,6-9,11-12H2,1-3H3. The third kappa shape index (κ3) is 4.22. The monoisotopic (exact) mass is 262 g/mol. The lowest BCUT2D eigenvalue weighted by Crippen LogP contribution is -2.31. The predicted octanol–water partition coefficient (Wildman–Crippen LogP) is 1.95. The largest absolute Gasteiger partial charge is 0.493 e. The van der Waals surface area contributed by atoms with Crippen LogP contribution in [0.25, 0.3) is 0 Å². The fraction of sp³-hybridized carbons (Fsp3) is 0.625. The van der Waals surface area contributed by atoms with Crippen LogP contribution in [0.5, 0.6) is 5.75 Å². The smallest absolute Gasteiger partial charge is 0.122 e. The van der Waals surface area contributed by atoms with E-state index < -0.39 is 0 Å². The van der Waals surface area contributed by atoms with Crippen LogP contribution in [0.1, 0.15) is 18.1 Å². The van der Waals surface area contributed by atoms with E-state index in [4.69, 9.17) is 4.74 Å². The summed E-state index contributed by atoms with van der Waals surface area (Å²) in [7, 11) is 4.23. The van der Waals surface area contributed by atoms with Gasteiger partial charge in [0.25, 0.3) is 0 Å². The summed E-state index contributed by atoms with van der Waals surface area (Å²) in [5, 5.41) is 3.23. The minimum absolute atomic E-state index is 0.698. The summed E-state index contributed by atoms with van der Waals surface area (Å²) in [5.74, 6) is 1.78. The first-order valence-corrected chi connectivity index (χ1v) is 7.27. The molecule has 0 saturated carbocycles.